The maximum absolute atomic E-state index is 13.0. The molecular formula is C16H22N4O2S. The molecule has 0 spiro atoms. The van der Waals surface area contributed by atoms with Crippen LogP contribution in [0.1, 0.15) is 5.56 Å². The molecule has 0 saturated carbocycles. The van der Waals surface area contributed by atoms with Gasteiger partial charge >= 0.3 is 0 Å². The Balaban J connectivity index is 1.92. The van der Waals surface area contributed by atoms with E-state index in [4.69, 9.17) is 5.73 Å². The van der Waals surface area contributed by atoms with Gasteiger partial charge in [-0.05, 0) is 24.6 Å². The molecule has 1 aliphatic heterocycles. The number of hydrogen-bond acceptors (Lipinski definition) is 5. The highest BCUT2D eigenvalue weighted by atomic mass is 32.2. The van der Waals surface area contributed by atoms with Crippen molar-refractivity contribution in [3.05, 3.63) is 36.0 Å². The number of fused-ring (bicyclic) bond motifs is 1. The van der Waals surface area contributed by atoms with Crippen molar-refractivity contribution in [2.24, 2.45) is 5.73 Å². The first-order valence-corrected chi connectivity index (χ1v) is 9.24. The quantitative estimate of drug-likeness (QED) is 0.895. The molecule has 0 bridgehead atoms. The third-order valence-electron chi connectivity index (χ3n) is 4.21. The zero-order valence-electron chi connectivity index (χ0n) is 13.3. The zero-order valence-corrected chi connectivity index (χ0v) is 14.1. The molecule has 1 aromatic carbocycles. The van der Waals surface area contributed by atoms with Crippen molar-refractivity contribution >= 4 is 20.9 Å². The average molecular weight is 334 g/mol. The summed E-state index contributed by atoms with van der Waals surface area (Å²) in [6.45, 7) is 5.77. The molecule has 0 radical (unpaired) electrons. The number of hydrogen-bond donors (Lipinski definition) is 1. The molecule has 0 unspecified atom stereocenters. The number of nitrogens with zero attached hydrogens (tertiary/aromatic N) is 3. The van der Waals surface area contributed by atoms with Crippen LogP contribution in [0.15, 0.2) is 35.4 Å². The third-order valence-corrected chi connectivity index (χ3v) is 6.14. The summed E-state index contributed by atoms with van der Waals surface area (Å²) in [5.74, 6) is 0. The minimum absolute atomic E-state index is 0.294. The van der Waals surface area contributed by atoms with Gasteiger partial charge in [-0.1, -0.05) is 12.1 Å². The predicted molar refractivity (Wildman–Crippen MR) is 90.7 cm³/mol. The van der Waals surface area contributed by atoms with E-state index in [1.807, 2.05) is 19.1 Å². The number of nitrogens with two attached hydrogens (primary N) is 1. The standard InChI is InChI=1S/C16H22N4O2S/c1-13-11-14-3-2-4-15(16(14)18-12-13)23(21,22)20-9-7-19(6-5-17)8-10-20/h2-4,11-12H,5-10,17H2,1H3. The summed E-state index contributed by atoms with van der Waals surface area (Å²) in [7, 11) is -3.53. The van der Waals surface area contributed by atoms with Crippen molar-refractivity contribution in [3.63, 3.8) is 0 Å². The lowest BCUT2D eigenvalue weighted by molar-refractivity contribution is 0.193. The van der Waals surface area contributed by atoms with Gasteiger partial charge in [0, 0.05) is 50.9 Å². The number of pyridine rings is 1. The molecule has 0 atom stereocenters. The van der Waals surface area contributed by atoms with Crippen LogP contribution in [0, 0.1) is 6.92 Å². The summed E-state index contributed by atoms with van der Waals surface area (Å²) < 4.78 is 27.5. The van der Waals surface area contributed by atoms with E-state index in [1.54, 1.807) is 22.6 Å². The van der Waals surface area contributed by atoms with Crippen molar-refractivity contribution in [2.75, 3.05) is 39.3 Å². The summed E-state index contributed by atoms with van der Waals surface area (Å²) in [5, 5.41) is 0.854. The van der Waals surface area contributed by atoms with Gasteiger partial charge in [0.15, 0.2) is 0 Å². The van der Waals surface area contributed by atoms with Crippen molar-refractivity contribution in [1.29, 1.82) is 0 Å². The Hall–Kier alpha value is -1.54. The Kier molecular flexibility index (Phi) is 4.63. The maximum atomic E-state index is 13.0. The molecule has 0 amide bonds. The summed E-state index contributed by atoms with van der Waals surface area (Å²) in [4.78, 5) is 6.84. The number of sulfonamides is 1. The Labute approximate surface area is 137 Å². The van der Waals surface area contributed by atoms with Crippen molar-refractivity contribution in [1.82, 2.24) is 14.2 Å². The van der Waals surface area contributed by atoms with E-state index in [2.05, 4.69) is 9.88 Å². The van der Waals surface area contributed by atoms with Crippen LogP contribution < -0.4 is 5.73 Å². The number of aryl methyl sites for hydroxylation is 1. The SMILES string of the molecule is Cc1cnc2c(S(=O)(=O)N3CCN(CCN)CC3)cccc2c1. The van der Waals surface area contributed by atoms with Crippen LogP contribution in [0.3, 0.4) is 0 Å². The Morgan fingerprint density at radius 1 is 1.22 bits per heavy atom. The van der Waals surface area contributed by atoms with Crippen LogP contribution in [0.25, 0.3) is 10.9 Å². The van der Waals surface area contributed by atoms with Crippen molar-refractivity contribution in [3.8, 4) is 0 Å². The van der Waals surface area contributed by atoms with Crippen molar-refractivity contribution in [2.45, 2.75) is 11.8 Å². The number of aromatic nitrogens is 1. The molecule has 2 heterocycles. The van der Waals surface area contributed by atoms with Crippen LogP contribution in [0.5, 0.6) is 0 Å². The summed E-state index contributed by atoms with van der Waals surface area (Å²) in [6, 6.07) is 7.28. The molecule has 1 fully saturated rings. The molecule has 1 aromatic heterocycles. The smallest absolute Gasteiger partial charge is 0.245 e. The lowest BCUT2D eigenvalue weighted by atomic mass is 10.2. The first-order valence-electron chi connectivity index (χ1n) is 7.80. The molecule has 124 valence electrons. The van der Waals surface area contributed by atoms with Gasteiger partial charge in [-0.3, -0.25) is 9.88 Å². The van der Waals surface area contributed by atoms with Gasteiger partial charge in [0.05, 0.1) is 5.52 Å². The molecule has 1 saturated heterocycles. The molecule has 7 heteroatoms. The van der Waals surface area contributed by atoms with E-state index in [0.717, 1.165) is 17.5 Å². The second-order valence-electron chi connectivity index (χ2n) is 5.87. The fraction of sp³-hybridized carbons (Fsp3) is 0.438. The van der Waals surface area contributed by atoms with Gasteiger partial charge in [-0.2, -0.15) is 4.31 Å². The second-order valence-corrected chi connectivity index (χ2v) is 7.78. The monoisotopic (exact) mass is 334 g/mol. The topological polar surface area (TPSA) is 79.5 Å². The van der Waals surface area contributed by atoms with Gasteiger partial charge in [-0.25, -0.2) is 8.42 Å². The second kappa shape index (κ2) is 6.52. The Morgan fingerprint density at radius 2 is 1.96 bits per heavy atom. The number of benzene rings is 1. The molecule has 2 aromatic rings. The summed E-state index contributed by atoms with van der Waals surface area (Å²) in [6.07, 6.45) is 1.71. The normalized spacial score (nSPS) is 17.7. The molecule has 6 nitrogen and oxygen atoms in total. The van der Waals surface area contributed by atoms with Crippen LogP contribution in [-0.2, 0) is 10.0 Å². The maximum Gasteiger partial charge on any atom is 0.245 e. The summed E-state index contributed by atoms with van der Waals surface area (Å²) in [5.41, 5.74) is 7.12. The Bertz CT molecular complexity index is 799. The van der Waals surface area contributed by atoms with Crippen molar-refractivity contribution < 1.29 is 8.42 Å². The molecule has 1 aliphatic rings. The Morgan fingerprint density at radius 3 is 2.65 bits per heavy atom. The molecular weight excluding hydrogens is 312 g/mol. The van der Waals surface area contributed by atoms with Gasteiger partial charge < -0.3 is 5.73 Å². The zero-order chi connectivity index (χ0) is 16.4. The number of para-hydroxylation sites is 1. The van der Waals surface area contributed by atoms with E-state index in [1.165, 1.54) is 0 Å². The van der Waals surface area contributed by atoms with Gasteiger partial charge in [-0.15, -0.1) is 0 Å². The lowest BCUT2D eigenvalue weighted by Gasteiger charge is -2.33. The van der Waals surface area contributed by atoms with E-state index in [0.29, 0.717) is 43.1 Å². The van der Waals surface area contributed by atoms with Gasteiger partial charge in [0.25, 0.3) is 0 Å². The largest absolute Gasteiger partial charge is 0.329 e. The highest BCUT2D eigenvalue weighted by Gasteiger charge is 2.29. The minimum atomic E-state index is -3.53. The predicted octanol–water partition coefficient (Wildman–Crippen LogP) is 0.808. The van der Waals surface area contributed by atoms with E-state index < -0.39 is 10.0 Å². The average Bonchev–Trinajstić information content (AvgIpc) is 2.55. The van der Waals surface area contributed by atoms with E-state index >= 15 is 0 Å². The first kappa shape index (κ1) is 16.3. The minimum Gasteiger partial charge on any atom is -0.329 e. The number of piperazine rings is 1. The molecule has 3 rings (SSSR count). The van der Waals surface area contributed by atoms with E-state index in [9.17, 15) is 8.42 Å². The van der Waals surface area contributed by atoms with Crippen LogP contribution >= 0.6 is 0 Å². The molecule has 2 N–H and O–H groups in total. The van der Waals surface area contributed by atoms with Crippen LogP contribution in [0.2, 0.25) is 0 Å². The summed E-state index contributed by atoms with van der Waals surface area (Å²) >= 11 is 0. The highest BCUT2D eigenvalue weighted by molar-refractivity contribution is 7.89. The van der Waals surface area contributed by atoms with Crippen LogP contribution in [-0.4, -0.2) is 61.9 Å². The molecule has 0 aliphatic carbocycles. The number of rotatable bonds is 4. The molecule has 23 heavy (non-hydrogen) atoms. The first-order chi connectivity index (χ1) is 11.0. The highest BCUT2D eigenvalue weighted by Crippen LogP contribution is 2.25. The lowest BCUT2D eigenvalue weighted by Crippen LogP contribution is -2.49. The fourth-order valence-corrected chi connectivity index (χ4v) is 4.55. The third kappa shape index (κ3) is 3.23. The van der Waals surface area contributed by atoms with Gasteiger partial charge in [0.1, 0.15) is 4.90 Å². The van der Waals surface area contributed by atoms with E-state index in [-0.39, 0.29) is 0 Å². The van der Waals surface area contributed by atoms with Crippen LogP contribution in [0.4, 0.5) is 0 Å². The van der Waals surface area contributed by atoms with Gasteiger partial charge in [0.2, 0.25) is 10.0 Å². The fourth-order valence-electron chi connectivity index (χ4n) is 2.97.